The number of rotatable bonds is 2. The summed E-state index contributed by atoms with van der Waals surface area (Å²) >= 11 is 0. The van der Waals surface area contributed by atoms with Gasteiger partial charge in [0.1, 0.15) is 6.29 Å². The number of aldehydes is 1. The van der Waals surface area contributed by atoms with E-state index in [-0.39, 0.29) is 5.41 Å². The van der Waals surface area contributed by atoms with Crippen LogP contribution >= 0.6 is 0 Å². The lowest BCUT2D eigenvalue weighted by Crippen LogP contribution is -2.23. The van der Waals surface area contributed by atoms with Crippen LogP contribution in [0.5, 0.6) is 0 Å². The van der Waals surface area contributed by atoms with Gasteiger partial charge in [0.25, 0.3) is 0 Å². The minimum absolute atomic E-state index is 0.221. The fourth-order valence-electron chi connectivity index (χ4n) is 3.12. The smallest absolute Gasteiger partial charge is 0.130 e. The molecule has 1 heteroatoms. The summed E-state index contributed by atoms with van der Waals surface area (Å²) in [4.78, 5) is 11.6. The van der Waals surface area contributed by atoms with E-state index in [4.69, 9.17) is 0 Å². The highest BCUT2D eigenvalue weighted by molar-refractivity contribution is 5.90. The first-order valence-corrected chi connectivity index (χ1v) is 6.30. The summed E-state index contributed by atoms with van der Waals surface area (Å²) in [5, 5.41) is 2.47. The molecule has 0 amide bonds. The van der Waals surface area contributed by atoms with Crippen molar-refractivity contribution in [3.63, 3.8) is 0 Å². The van der Waals surface area contributed by atoms with Gasteiger partial charge in [-0.25, -0.2) is 0 Å². The average molecular weight is 224 g/mol. The van der Waals surface area contributed by atoms with Crippen LogP contribution in [0.2, 0.25) is 0 Å². The molecule has 0 aliphatic heterocycles. The quantitative estimate of drug-likeness (QED) is 0.708. The van der Waals surface area contributed by atoms with Gasteiger partial charge in [-0.05, 0) is 29.2 Å². The van der Waals surface area contributed by atoms with Gasteiger partial charge in [-0.15, -0.1) is 0 Å². The molecule has 2 aromatic carbocycles. The highest BCUT2D eigenvalue weighted by Crippen LogP contribution is 2.42. The Labute approximate surface area is 101 Å². The Hall–Kier alpha value is -1.63. The second-order valence-corrected chi connectivity index (χ2v) is 5.01. The van der Waals surface area contributed by atoms with Crippen molar-refractivity contribution in [2.75, 3.05) is 0 Å². The van der Waals surface area contributed by atoms with Gasteiger partial charge in [0.05, 0.1) is 5.41 Å². The first-order chi connectivity index (χ1) is 8.36. The van der Waals surface area contributed by atoms with E-state index in [1.807, 2.05) is 6.07 Å². The topological polar surface area (TPSA) is 17.1 Å². The van der Waals surface area contributed by atoms with Crippen LogP contribution in [0.25, 0.3) is 10.8 Å². The molecule has 0 atom stereocenters. The molecule has 0 spiro atoms. The molecule has 86 valence electrons. The van der Waals surface area contributed by atoms with Crippen LogP contribution in [0.15, 0.2) is 42.5 Å². The van der Waals surface area contributed by atoms with Crippen LogP contribution < -0.4 is 0 Å². The predicted molar refractivity (Wildman–Crippen MR) is 70.2 cm³/mol. The Morgan fingerprint density at radius 1 is 0.941 bits per heavy atom. The van der Waals surface area contributed by atoms with E-state index in [9.17, 15) is 4.79 Å². The molecule has 1 aliphatic carbocycles. The standard InChI is InChI=1S/C16H16O/c17-12-16(10-3-4-11-16)15-9-5-7-13-6-1-2-8-14(13)15/h1-2,5-9,12H,3-4,10-11H2. The molecule has 0 saturated heterocycles. The van der Waals surface area contributed by atoms with Gasteiger partial charge in [0.2, 0.25) is 0 Å². The lowest BCUT2D eigenvalue weighted by Gasteiger charge is -2.24. The number of hydrogen-bond acceptors (Lipinski definition) is 1. The van der Waals surface area contributed by atoms with Crippen LogP contribution in [-0.4, -0.2) is 6.29 Å². The number of benzene rings is 2. The average Bonchev–Trinajstić information content (AvgIpc) is 2.88. The molecular weight excluding hydrogens is 208 g/mol. The monoisotopic (exact) mass is 224 g/mol. The summed E-state index contributed by atoms with van der Waals surface area (Å²) in [5.74, 6) is 0. The minimum atomic E-state index is -0.221. The van der Waals surface area contributed by atoms with Crippen molar-refractivity contribution in [2.24, 2.45) is 0 Å². The van der Waals surface area contributed by atoms with E-state index >= 15 is 0 Å². The Morgan fingerprint density at radius 2 is 1.65 bits per heavy atom. The molecule has 3 rings (SSSR count). The van der Waals surface area contributed by atoms with Gasteiger partial charge in [-0.1, -0.05) is 55.3 Å². The van der Waals surface area contributed by atoms with Crippen molar-refractivity contribution in [2.45, 2.75) is 31.1 Å². The van der Waals surface area contributed by atoms with Crippen molar-refractivity contribution in [1.29, 1.82) is 0 Å². The van der Waals surface area contributed by atoms with Crippen LogP contribution in [-0.2, 0) is 10.2 Å². The van der Waals surface area contributed by atoms with Crippen LogP contribution in [0.3, 0.4) is 0 Å². The summed E-state index contributed by atoms with van der Waals surface area (Å²) in [6, 6.07) is 14.7. The number of carbonyl (C=O) groups is 1. The number of fused-ring (bicyclic) bond motifs is 1. The maximum Gasteiger partial charge on any atom is 0.130 e. The zero-order valence-corrected chi connectivity index (χ0v) is 9.86. The van der Waals surface area contributed by atoms with Gasteiger partial charge in [0.15, 0.2) is 0 Å². The van der Waals surface area contributed by atoms with E-state index in [1.54, 1.807) is 0 Å². The SMILES string of the molecule is O=CC1(c2cccc3ccccc23)CCCC1. The Morgan fingerprint density at radius 3 is 2.41 bits per heavy atom. The first kappa shape index (κ1) is 10.5. The molecular formula is C16H16O. The Balaban J connectivity index is 2.26. The number of hydrogen-bond donors (Lipinski definition) is 0. The molecule has 1 fully saturated rings. The van der Waals surface area contributed by atoms with Gasteiger partial charge >= 0.3 is 0 Å². The van der Waals surface area contributed by atoms with Crippen LogP contribution in [0.4, 0.5) is 0 Å². The summed E-state index contributed by atoms with van der Waals surface area (Å²) in [7, 11) is 0. The first-order valence-electron chi connectivity index (χ1n) is 6.30. The fraction of sp³-hybridized carbons (Fsp3) is 0.312. The lowest BCUT2D eigenvalue weighted by molar-refractivity contribution is -0.112. The molecule has 0 aromatic heterocycles. The summed E-state index contributed by atoms with van der Waals surface area (Å²) < 4.78 is 0. The second-order valence-electron chi connectivity index (χ2n) is 5.01. The zero-order chi connectivity index (χ0) is 11.7. The molecule has 17 heavy (non-hydrogen) atoms. The van der Waals surface area contributed by atoms with Crippen molar-refractivity contribution < 1.29 is 4.79 Å². The van der Waals surface area contributed by atoms with E-state index in [2.05, 4.69) is 36.4 Å². The van der Waals surface area contributed by atoms with E-state index < -0.39 is 0 Å². The molecule has 0 heterocycles. The third-order valence-corrected chi connectivity index (χ3v) is 4.05. The molecule has 0 N–H and O–H groups in total. The van der Waals surface area contributed by atoms with Gasteiger partial charge < -0.3 is 4.79 Å². The fourth-order valence-corrected chi connectivity index (χ4v) is 3.12. The Bertz CT molecular complexity index is 545. The third kappa shape index (κ3) is 1.57. The highest BCUT2D eigenvalue weighted by Gasteiger charge is 2.36. The van der Waals surface area contributed by atoms with E-state index in [0.717, 1.165) is 12.8 Å². The summed E-state index contributed by atoms with van der Waals surface area (Å²) in [6.45, 7) is 0. The van der Waals surface area contributed by atoms with Gasteiger partial charge in [-0.2, -0.15) is 0 Å². The predicted octanol–water partition coefficient (Wildman–Crippen LogP) is 3.85. The lowest BCUT2D eigenvalue weighted by atomic mass is 9.78. The van der Waals surface area contributed by atoms with Crippen molar-refractivity contribution in [3.05, 3.63) is 48.0 Å². The molecule has 1 nitrogen and oxygen atoms in total. The van der Waals surface area contributed by atoms with Gasteiger partial charge in [0, 0.05) is 0 Å². The van der Waals surface area contributed by atoms with Crippen molar-refractivity contribution in [3.8, 4) is 0 Å². The minimum Gasteiger partial charge on any atom is -0.302 e. The summed E-state index contributed by atoms with van der Waals surface area (Å²) in [5.41, 5.74) is 1.00. The summed E-state index contributed by atoms with van der Waals surface area (Å²) in [6.07, 6.45) is 5.53. The molecule has 1 aliphatic rings. The normalized spacial score (nSPS) is 18.4. The largest absolute Gasteiger partial charge is 0.302 e. The van der Waals surface area contributed by atoms with E-state index in [1.165, 1.54) is 35.5 Å². The molecule has 1 saturated carbocycles. The maximum absolute atomic E-state index is 11.6. The highest BCUT2D eigenvalue weighted by atomic mass is 16.1. The van der Waals surface area contributed by atoms with Crippen molar-refractivity contribution in [1.82, 2.24) is 0 Å². The number of carbonyl (C=O) groups excluding carboxylic acids is 1. The second kappa shape index (κ2) is 3.99. The van der Waals surface area contributed by atoms with Crippen LogP contribution in [0, 0.1) is 0 Å². The van der Waals surface area contributed by atoms with E-state index in [0.29, 0.717) is 0 Å². The third-order valence-electron chi connectivity index (χ3n) is 4.05. The Kier molecular flexibility index (Phi) is 2.47. The maximum atomic E-state index is 11.6. The van der Waals surface area contributed by atoms with Crippen molar-refractivity contribution >= 4 is 17.1 Å². The molecule has 0 bridgehead atoms. The molecule has 0 radical (unpaired) electrons. The molecule has 0 unspecified atom stereocenters. The van der Waals surface area contributed by atoms with Crippen LogP contribution in [0.1, 0.15) is 31.2 Å². The zero-order valence-electron chi connectivity index (χ0n) is 9.86. The molecule has 2 aromatic rings. The van der Waals surface area contributed by atoms with Gasteiger partial charge in [-0.3, -0.25) is 0 Å².